The van der Waals surface area contributed by atoms with Gasteiger partial charge in [0, 0.05) is 12.8 Å². The minimum atomic E-state index is -0.643. The third-order valence-corrected chi connectivity index (χ3v) is 10.6. The number of unbranched alkanes of at least 4 members (excludes halogenated alkanes) is 1. The molecule has 0 aromatic carbocycles. The molecule has 39 heavy (non-hydrogen) atoms. The summed E-state index contributed by atoms with van der Waals surface area (Å²) in [6, 6.07) is 0. The Kier molecular flexibility index (Phi) is 8.43. The molecule has 0 spiro atoms. The number of fused-ring (bicyclic) bond motifs is 1. The van der Waals surface area contributed by atoms with Crippen LogP contribution in [-0.4, -0.2) is 38.6 Å². The number of hydrogen-bond acceptors (Lipinski definition) is 5. The van der Waals surface area contributed by atoms with Crippen LogP contribution in [0, 0.1) is 23.2 Å². The molecule has 5 rings (SSSR count). The highest BCUT2D eigenvalue weighted by Gasteiger charge is 2.54. The summed E-state index contributed by atoms with van der Waals surface area (Å²) in [5.41, 5.74) is 3.15. The molecule has 7 atom stereocenters. The van der Waals surface area contributed by atoms with Crippen molar-refractivity contribution >= 4 is 0 Å². The molecular formula is C34H49NO4. The van der Waals surface area contributed by atoms with Gasteiger partial charge >= 0.3 is 0 Å². The number of aliphatic hydroxyl groups excluding tert-OH is 3. The van der Waals surface area contributed by atoms with Crippen LogP contribution in [0.25, 0.3) is 0 Å². The normalized spacial score (nSPS) is 36.0. The lowest BCUT2D eigenvalue weighted by Gasteiger charge is -2.44. The number of hydrogen-bond donors (Lipinski definition) is 3. The highest BCUT2D eigenvalue weighted by molar-refractivity contribution is 5.38. The van der Waals surface area contributed by atoms with Crippen LogP contribution in [0.2, 0.25) is 0 Å². The number of aliphatic hydroxyl groups is 3. The quantitative estimate of drug-likeness (QED) is 0.305. The van der Waals surface area contributed by atoms with Crippen molar-refractivity contribution in [2.45, 2.75) is 122 Å². The van der Waals surface area contributed by atoms with E-state index in [1.54, 1.807) is 0 Å². The lowest BCUT2D eigenvalue weighted by molar-refractivity contribution is 0.0862. The lowest BCUT2D eigenvalue weighted by Crippen LogP contribution is -2.35. The van der Waals surface area contributed by atoms with Crippen molar-refractivity contribution in [1.82, 2.24) is 4.98 Å². The standard InChI is InChI=1S/C34H49NO4/c1-5-6-9-27-21-35-32(39-27)34(17-18-34)31(38)15-10-22(2)28-13-14-29-24(8-7-16-33(28,29)4)11-12-25-19-26(36)20-30(37)23(25)3/h10-12,15,21-22,26,28-31,36-38H,3,5-9,13-14,16-20H2,1-2,4H3/t22-,26-,28-,29+,30+,31-,33-/m1/s1. The third kappa shape index (κ3) is 5.64. The molecule has 4 fully saturated rings. The maximum atomic E-state index is 11.2. The summed E-state index contributed by atoms with van der Waals surface area (Å²) in [5, 5.41) is 31.6. The van der Waals surface area contributed by atoms with Gasteiger partial charge in [0.15, 0.2) is 0 Å². The molecule has 0 amide bonds. The van der Waals surface area contributed by atoms with Gasteiger partial charge in [-0.25, -0.2) is 4.98 Å². The van der Waals surface area contributed by atoms with Crippen LogP contribution in [-0.2, 0) is 11.8 Å². The predicted octanol–water partition coefficient (Wildman–Crippen LogP) is 6.74. The average molecular weight is 536 g/mol. The van der Waals surface area contributed by atoms with Crippen molar-refractivity contribution in [3.05, 3.63) is 65.5 Å². The first-order valence-corrected chi connectivity index (χ1v) is 15.4. The molecule has 4 aliphatic rings. The van der Waals surface area contributed by atoms with Crippen molar-refractivity contribution in [2.75, 3.05) is 0 Å². The monoisotopic (exact) mass is 535 g/mol. The van der Waals surface area contributed by atoms with Crippen molar-refractivity contribution in [2.24, 2.45) is 23.2 Å². The highest BCUT2D eigenvalue weighted by Crippen LogP contribution is 2.60. The zero-order valence-corrected chi connectivity index (χ0v) is 24.2. The Balaban J connectivity index is 1.26. The van der Waals surface area contributed by atoms with Crippen molar-refractivity contribution in [3.8, 4) is 0 Å². The van der Waals surface area contributed by atoms with Gasteiger partial charge in [-0.1, -0.05) is 63.6 Å². The average Bonchev–Trinajstić information content (AvgIpc) is 3.44. The Bertz CT molecular complexity index is 1120. The van der Waals surface area contributed by atoms with E-state index in [-0.39, 0.29) is 10.8 Å². The first-order valence-electron chi connectivity index (χ1n) is 15.4. The van der Waals surface area contributed by atoms with E-state index < -0.39 is 18.3 Å². The zero-order valence-electron chi connectivity index (χ0n) is 24.2. The second-order valence-electron chi connectivity index (χ2n) is 13.2. The van der Waals surface area contributed by atoms with Crippen LogP contribution in [0.3, 0.4) is 0 Å². The maximum absolute atomic E-state index is 11.2. The Morgan fingerprint density at radius 2 is 1.97 bits per heavy atom. The molecule has 0 bridgehead atoms. The molecule has 5 nitrogen and oxygen atoms in total. The SMILES string of the molecule is C=C1C(=CC=C2CCC[C@]3(C)[C@@H]([C@H](C)C=C[C@@H](O)C4(c5ncc(CCCC)o5)CC4)CC[C@@H]23)C[C@@H](O)C[C@@H]1O. The van der Waals surface area contributed by atoms with E-state index >= 15 is 0 Å². The van der Waals surface area contributed by atoms with Crippen LogP contribution in [0.15, 0.2) is 58.2 Å². The fourth-order valence-corrected chi connectivity index (χ4v) is 7.98. The number of allylic oxidation sites excluding steroid dienone is 4. The van der Waals surface area contributed by atoms with E-state index in [0.717, 1.165) is 55.4 Å². The number of aryl methyl sites for hydroxylation is 1. The maximum Gasteiger partial charge on any atom is 0.203 e. The Morgan fingerprint density at radius 1 is 1.18 bits per heavy atom. The molecule has 3 N–H and O–H groups in total. The van der Waals surface area contributed by atoms with Crippen LogP contribution in [0.5, 0.6) is 0 Å². The van der Waals surface area contributed by atoms with E-state index in [1.165, 1.54) is 31.3 Å². The Labute approximate surface area is 234 Å². The molecule has 0 unspecified atom stereocenters. The van der Waals surface area contributed by atoms with Gasteiger partial charge in [0.25, 0.3) is 0 Å². The molecule has 0 saturated heterocycles. The number of rotatable bonds is 9. The first-order chi connectivity index (χ1) is 18.7. The largest absolute Gasteiger partial charge is 0.445 e. The van der Waals surface area contributed by atoms with Gasteiger partial charge in [-0.3, -0.25) is 0 Å². The first kappa shape index (κ1) is 28.6. The molecular weight excluding hydrogens is 486 g/mol. The lowest BCUT2D eigenvalue weighted by atomic mass is 9.61. The molecule has 1 aromatic heterocycles. The predicted molar refractivity (Wildman–Crippen MR) is 155 cm³/mol. The third-order valence-electron chi connectivity index (χ3n) is 10.6. The number of aromatic nitrogens is 1. The minimum absolute atomic E-state index is 0.244. The van der Waals surface area contributed by atoms with Gasteiger partial charge in [0.2, 0.25) is 5.89 Å². The molecule has 214 valence electrons. The Hall–Kier alpha value is -1.95. The van der Waals surface area contributed by atoms with Gasteiger partial charge in [0.05, 0.1) is 29.9 Å². The molecule has 1 heterocycles. The second-order valence-corrected chi connectivity index (χ2v) is 13.2. The number of nitrogens with zero attached hydrogens (tertiary/aromatic N) is 1. The van der Waals surface area contributed by atoms with E-state index in [1.807, 2.05) is 12.3 Å². The summed E-state index contributed by atoms with van der Waals surface area (Å²) in [7, 11) is 0. The molecule has 0 radical (unpaired) electrons. The summed E-state index contributed by atoms with van der Waals surface area (Å²) in [6.45, 7) is 11.1. The molecule has 0 aliphatic heterocycles. The van der Waals surface area contributed by atoms with Gasteiger partial charge in [-0.05, 0) is 92.1 Å². The van der Waals surface area contributed by atoms with E-state index in [9.17, 15) is 15.3 Å². The summed E-state index contributed by atoms with van der Waals surface area (Å²) >= 11 is 0. The van der Waals surface area contributed by atoms with Crippen molar-refractivity contribution < 1.29 is 19.7 Å². The van der Waals surface area contributed by atoms with E-state index in [4.69, 9.17) is 4.42 Å². The van der Waals surface area contributed by atoms with E-state index in [2.05, 4.69) is 50.6 Å². The van der Waals surface area contributed by atoms with Gasteiger partial charge in [0.1, 0.15) is 5.76 Å². The second kappa shape index (κ2) is 11.5. The molecule has 4 saturated carbocycles. The summed E-state index contributed by atoms with van der Waals surface area (Å²) < 4.78 is 6.08. The summed E-state index contributed by atoms with van der Waals surface area (Å²) in [6.07, 6.45) is 20.7. The van der Waals surface area contributed by atoms with Crippen LogP contribution < -0.4 is 0 Å². The van der Waals surface area contributed by atoms with Crippen molar-refractivity contribution in [3.63, 3.8) is 0 Å². The summed E-state index contributed by atoms with van der Waals surface area (Å²) in [5.74, 6) is 3.17. The zero-order chi connectivity index (χ0) is 27.8. The summed E-state index contributed by atoms with van der Waals surface area (Å²) in [4.78, 5) is 4.56. The topological polar surface area (TPSA) is 86.7 Å². The fourth-order valence-electron chi connectivity index (χ4n) is 7.98. The van der Waals surface area contributed by atoms with Crippen LogP contribution in [0.1, 0.15) is 103 Å². The highest BCUT2D eigenvalue weighted by atomic mass is 16.4. The number of oxazole rings is 1. The minimum Gasteiger partial charge on any atom is -0.445 e. The van der Waals surface area contributed by atoms with Crippen LogP contribution >= 0.6 is 0 Å². The van der Waals surface area contributed by atoms with Crippen molar-refractivity contribution in [1.29, 1.82) is 0 Å². The molecule has 5 heteroatoms. The smallest absolute Gasteiger partial charge is 0.203 e. The van der Waals surface area contributed by atoms with Gasteiger partial charge < -0.3 is 19.7 Å². The molecule has 4 aliphatic carbocycles. The molecule has 1 aromatic rings. The van der Waals surface area contributed by atoms with Crippen LogP contribution in [0.4, 0.5) is 0 Å². The fraction of sp³-hybridized carbons (Fsp3) is 0.676. The Morgan fingerprint density at radius 3 is 2.72 bits per heavy atom. The van der Waals surface area contributed by atoms with E-state index in [0.29, 0.717) is 36.5 Å². The van der Waals surface area contributed by atoms with Gasteiger partial charge in [-0.2, -0.15) is 0 Å². The van der Waals surface area contributed by atoms with Gasteiger partial charge in [-0.15, -0.1) is 0 Å².